The average molecular weight is 497 g/mol. The second-order valence-electron chi connectivity index (χ2n) is 8.97. The third-order valence-corrected chi connectivity index (χ3v) is 8.48. The molecule has 0 bridgehead atoms. The lowest BCUT2D eigenvalue weighted by Crippen LogP contribution is -2.48. The van der Waals surface area contributed by atoms with E-state index in [9.17, 15) is 21.6 Å². The number of ether oxygens (including phenoxy) is 1. The van der Waals surface area contributed by atoms with Crippen molar-refractivity contribution in [3.8, 4) is 0 Å². The van der Waals surface area contributed by atoms with Crippen molar-refractivity contribution in [2.24, 2.45) is 0 Å². The Balaban J connectivity index is 4.13. The fourth-order valence-electron chi connectivity index (χ4n) is 2.11. The van der Waals surface area contributed by atoms with E-state index in [-0.39, 0.29) is 18.9 Å². The van der Waals surface area contributed by atoms with Gasteiger partial charge in [0.1, 0.15) is 0 Å². The number of carbonyl (C=O) groups is 1. The molecule has 0 aromatic heterocycles. The van der Waals surface area contributed by atoms with E-state index in [1.54, 1.807) is 11.1 Å². The minimum Gasteiger partial charge on any atom is -0.387 e. The summed E-state index contributed by atoms with van der Waals surface area (Å²) in [7, 11) is -8.23. The molecule has 188 valence electrons. The van der Waals surface area contributed by atoms with E-state index in [0.717, 1.165) is 5.70 Å². The van der Waals surface area contributed by atoms with Crippen molar-refractivity contribution < 1.29 is 26.4 Å². The molecule has 12 heteroatoms. The molecule has 0 heterocycles. The van der Waals surface area contributed by atoms with Crippen LogP contribution in [0.25, 0.3) is 0 Å². The van der Waals surface area contributed by atoms with Crippen molar-refractivity contribution in [2.75, 3.05) is 32.8 Å². The highest BCUT2D eigenvalue weighted by Crippen LogP contribution is 2.13. The zero-order valence-electron chi connectivity index (χ0n) is 20.1. The largest absolute Gasteiger partial charge is 0.387 e. The van der Waals surface area contributed by atoms with Crippen LogP contribution >= 0.6 is 0 Å². The van der Waals surface area contributed by atoms with Crippen LogP contribution in [0.4, 0.5) is 0 Å². The van der Waals surface area contributed by atoms with Crippen LogP contribution in [-0.2, 0) is 29.8 Å². The van der Waals surface area contributed by atoms with Gasteiger partial charge in [-0.1, -0.05) is 17.3 Å². The second-order valence-corrected chi connectivity index (χ2v) is 13.2. The summed E-state index contributed by atoms with van der Waals surface area (Å²) in [5, 5.41) is 6.49. The van der Waals surface area contributed by atoms with E-state index in [1.165, 1.54) is 20.8 Å². The van der Waals surface area contributed by atoms with Crippen molar-refractivity contribution >= 4 is 26.0 Å². The topological polar surface area (TPSA) is 143 Å². The number of ketones is 1. The summed E-state index contributed by atoms with van der Waals surface area (Å²) in [5.41, 5.74) is 0.915. The van der Waals surface area contributed by atoms with Gasteiger partial charge in [-0.25, -0.2) is 8.42 Å². The fraction of sp³-hybridized carbons (Fsp3) is 0.750. The van der Waals surface area contributed by atoms with E-state index in [1.807, 2.05) is 13.8 Å². The molecular formula is C20H40N4O6S2. The molecule has 0 aliphatic carbocycles. The number of rotatable bonds is 17. The van der Waals surface area contributed by atoms with Gasteiger partial charge in [0.25, 0.3) is 10.2 Å². The molecule has 0 aliphatic rings. The van der Waals surface area contributed by atoms with E-state index in [4.69, 9.17) is 4.74 Å². The van der Waals surface area contributed by atoms with Crippen LogP contribution in [0.5, 0.6) is 0 Å². The van der Waals surface area contributed by atoms with Crippen LogP contribution < -0.4 is 19.5 Å². The first-order valence-corrected chi connectivity index (χ1v) is 13.4. The van der Waals surface area contributed by atoms with Gasteiger partial charge in [-0.05, 0) is 53.5 Å². The molecule has 0 spiro atoms. The van der Waals surface area contributed by atoms with E-state index in [0.29, 0.717) is 38.1 Å². The Morgan fingerprint density at radius 3 is 2.03 bits per heavy atom. The number of hydrogen-bond acceptors (Lipinski definition) is 8. The Kier molecular flexibility index (Phi) is 12.3. The summed E-state index contributed by atoms with van der Waals surface area (Å²) in [6.07, 6.45) is 1.13. The number of sulfonamides is 1. The Morgan fingerprint density at radius 2 is 1.50 bits per heavy atom. The third-order valence-electron chi connectivity index (χ3n) is 4.53. The monoisotopic (exact) mass is 496 g/mol. The summed E-state index contributed by atoms with van der Waals surface area (Å²) < 4.78 is 55.5. The van der Waals surface area contributed by atoms with Crippen LogP contribution in [0.15, 0.2) is 24.4 Å². The van der Waals surface area contributed by atoms with Crippen molar-refractivity contribution in [1.82, 2.24) is 19.5 Å². The first-order chi connectivity index (χ1) is 14.4. The molecule has 0 atom stereocenters. The Hall–Kier alpha value is -1.31. The van der Waals surface area contributed by atoms with Gasteiger partial charge >= 0.3 is 0 Å². The summed E-state index contributed by atoms with van der Waals surface area (Å²) in [5.74, 6) is 0.0563. The predicted octanol–water partition coefficient (Wildman–Crippen LogP) is 0.952. The maximum absolute atomic E-state index is 11.9. The standard InChI is InChI=1S/C20H40N4O6S2/c1-16(2)18(25)10-9-11-21-17(3)20(7,8)22-12-14-30-15-13-23-32(28,29)24-31(26,27)19(4,5)6/h21-24H,1,3,9-15H2,2,4-8H3. The van der Waals surface area contributed by atoms with E-state index in [2.05, 4.69) is 28.5 Å². The lowest BCUT2D eigenvalue weighted by molar-refractivity contribution is -0.115. The molecule has 0 radical (unpaired) electrons. The first kappa shape index (κ1) is 30.7. The Bertz CT molecular complexity index is 859. The lowest BCUT2D eigenvalue weighted by atomic mass is 10.0. The third kappa shape index (κ3) is 12.1. The lowest BCUT2D eigenvalue weighted by Gasteiger charge is -2.29. The normalized spacial score (nSPS) is 13.1. The van der Waals surface area contributed by atoms with Gasteiger partial charge in [0.15, 0.2) is 5.78 Å². The zero-order chi connectivity index (χ0) is 25.2. The number of nitrogens with one attached hydrogen (secondary N) is 4. The van der Waals surface area contributed by atoms with Crippen LogP contribution in [0.1, 0.15) is 54.4 Å². The van der Waals surface area contributed by atoms with Crippen LogP contribution in [-0.4, -0.2) is 65.8 Å². The molecule has 0 amide bonds. The minimum atomic E-state index is -4.20. The van der Waals surface area contributed by atoms with Gasteiger partial charge in [0.2, 0.25) is 10.0 Å². The quantitative estimate of drug-likeness (QED) is 0.172. The molecule has 0 rings (SSSR count). The Morgan fingerprint density at radius 1 is 0.938 bits per heavy atom. The number of Topliss-reactive ketones (excluding diaryl/α,β-unsaturated/α-hetero) is 1. The fourth-order valence-corrected chi connectivity index (χ4v) is 4.86. The number of carbonyl (C=O) groups excluding carboxylic acids is 1. The molecule has 4 N–H and O–H groups in total. The van der Waals surface area contributed by atoms with Crippen LogP contribution in [0, 0.1) is 0 Å². The maximum Gasteiger partial charge on any atom is 0.290 e. The minimum absolute atomic E-state index is 0.0563. The molecule has 0 aromatic carbocycles. The first-order valence-electron chi connectivity index (χ1n) is 10.4. The van der Waals surface area contributed by atoms with Gasteiger partial charge in [-0.3, -0.25) is 4.79 Å². The smallest absolute Gasteiger partial charge is 0.290 e. The van der Waals surface area contributed by atoms with Gasteiger partial charge in [0.05, 0.1) is 23.5 Å². The van der Waals surface area contributed by atoms with Crippen molar-refractivity contribution in [2.45, 2.75) is 64.7 Å². The van der Waals surface area contributed by atoms with Crippen molar-refractivity contribution in [3.05, 3.63) is 24.4 Å². The molecule has 0 aromatic rings. The highest BCUT2D eigenvalue weighted by atomic mass is 32.3. The summed E-state index contributed by atoms with van der Waals surface area (Å²) >= 11 is 0. The average Bonchev–Trinajstić information content (AvgIpc) is 2.61. The van der Waals surface area contributed by atoms with Crippen LogP contribution in [0.2, 0.25) is 0 Å². The van der Waals surface area contributed by atoms with Gasteiger partial charge in [0, 0.05) is 31.8 Å². The summed E-state index contributed by atoms with van der Waals surface area (Å²) in [6.45, 7) is 18.9. The van der Waals surface area contributed by atoms with Gasteiger partial charge < -0.3 is 15.4 Å². The molecule has 0 unspecified atom stereocenters. The van der Waals surface area contributed by atoms with Gasteiger partial charge in [-0.2, -0.15) is 13.1 Å². The molecule has 0 saturated carbocycles. The van der Waals surface area contributed by atoms with E-state index < -0.39 is 30.5 Å². The summed E-state index contributed by atoms with van der Waals surface area (Å²) in [6, 6.07) is 0. The predicted molar refractivity (Wildman–Crippen MR) is 128 cm³/mol. The van der Waals surface area contributed by atoms with E-state index >= 15 is 0 Å². The molecule has 0 aliphatic heterocycles. The van der Waals surface area contributed by atoms with Crippen molar-refractivity contribution in [3.63, 3.8) is 0 Å². The van der Waals surface area contributed by atoms with Crippen LogP contribution in [0.3, 0.4) is 0 Å². The highest BCUT2D eigenvalue weighted by Gasteiger charge is 2.33. The van der Waals surface area contributed by atoms with Crippen molar-refractivity contribution in [1.29, 1.82) is 0 Å². The molecule has 32 heavy (non-hydrogen) atoms. The maximum atomic E-state index is 11.9. The molecular weight excluding hydrogens is 456 g/mol. The summed E-state index contributed by atoms with van der Waals surface area (Å²) in [4.78, 5) is 11.5. The molecule has 0 saturated heterocycles. The number of allylic oxidation sites excluding steroid dienone is 1. The molecule has 10 nitrogen and oxygen atoms in total. The SMILES string of the molecule is C=C(C)C(=O)CCCNC(=C)C(C)(C)NCCOCCNS(=O)(=O)NS(=O)(=O)C(C)(C)C. The van der Waals surface area contributed by atoms with Gasteiger partial charge in [-0.15, -0.1) is 0 Å². The zero-order valence-corrected chi connectivity index (χ0v) is 21.8. The number of hydrogen-bond donors (Lipinski definition) is 4. The second kappa shape index (κ2) is 12.8. The highest BCUT2D eigenvalue weighted by molar-refractivity contribution is 8.04. The Labute approximate surface area is 193 Å². The molecule has 0 fully saturated rings.